The molecule has 3 aromatic carbocycles. The van der Waals surface area contributed by atoms with Gasteiger partial charge in [0.25, 0.3) is 0 Å². The molecule has 0 unspecified atom stereocenters. The van der Waals surface area contributed by atoms with Crippen molar-refractivity contribution in [3.8, 4) is 11.5 Å². The normalized spacial score (nSPS) is 10.8. The molecule has 30 heavy (non-hydrogen) atoms. The van der Waals surface area contributed by atoms with Crippen LogP contribution >= 0.6 is 27.5 Å². The van der Waals surface area contributed by atoms with Crippen LogP contribution in [-0.2, 0) is 19.6 Å². The van der Waals surface area contributed by atoms with Crippen molar-refractivity contribution in [1.29, 1.82) is 0 Å². The standard InChI is InChI=1S/C23H21BrClF2NO2/c1-29-22-10-9-18(24)16(13-28-12-11-15-5-2-3-7-20(15)26)23(22)30-14-17-19(25)6-4-8-21(17)27/h2-10,28H,11-14H2,1H3. The predicted octanol–water partition coefficient (Wildman–Crippen LogP) is 6.30. The average molecular weight is 497 g/mol. The predicted molar refractivity (Wildman–Crippen MR) is 118 cm³/mol. The molecule has 0 amide bonds. The van der Waals surface area contributed by atoms with Crippen molar-refractivity contribution < 1.29 is 18.3 Å². The van der Waals surface area contributed by atoms with Crippen molar-refractivity contribution >= 4 is 27.5 Å². The molecular formula is C23H21BrClF2NO2. The number of hydrogen-bond donors (Lipinski definition) is 1. The molecule has 0 aliphatic rings. The first-order chi connectivity index (χ1) is 14.5. The molecular weight excluding hydrogens is 476 g/mol. The molecule has 0 aromatic heterocycles. The molecule has 0 atom stereocenters. The van der Waals surface area contributed by atoms with E-state index in [9.17, 15) is 8.78 Å². The molecule has 0 bridgehead atoms. The van der Waals surface area contributed by atoms with Crippen LogP contribution in [0.5, 0.6) is 11.5 Å². The summed E-state index contributed by atoms with van der Waals surface area (Å²) >= 11 is 9.65. The summed E-state index contributed by atoms with van der Waals surface area (Å²) in [5, 5.41) is 3.60. The van der Waals surface area contributed by atoms with E-state index in [0.29, 0.717) is 41.6 Å². The summed E-state index contributed by atoms with van der Waals surface area (Å²) in [7, 11) is 1.54. The Morgan fingerprint density at radius 1 is 0.967 bits per heavy atom. The van der Waals surface area contributed by atoms with Crippen molar-refractivity contribution in [3.05, 3.63) is 92.4 Å². The van der Waals surface area contributed by atoms with Gasteiger partial charge >= 0.3 is 0 Å². The lowest BCUT2D eigenvalue weighted by atomic mass is 10.1. The van der Waals surface area contributed by atoms with Gasteiger partial charge in [0, 0.05) is 22.1 Å². The number of nitrogens with one attached hydrogen (secondary N) is 1. The summed E-state index contributed by atoms with van der Waals surface area (Å²) in [5.41, 5.74) is 1.75. The summed E-state index contributed by atoms with van der Waals surface area (Å²) in [6.07, 6.45) is 0.551. The van der Waals surface area contributed by atoms with E-state index in [1.165, 1.54) is 12.1 Å². The summed E-state index contributed by atoms with van der Waals surface area (Å²) in [6.45, 7) is 0.982. The van der Waals surface area contributed by atoms with Crippen LogP contribution in [0.1, 0.15) is 16.7 Å². The minimum Gasteiger partial charge on any atom is -0.493 e. The van der Waals surface area contributed by atoms with Crippen molar-refractivity contribution in [2.45, 2.75) is 19.6 Å². The highest BCUT2D eigenvalue weighted by molar-refractivity contribution is 9.10. The van der Waals surface area contributed by atoms with E-state index in [0.717, 1.165) is 10.0 Å². The molecule has 0 aliphatic heterocycles. The lowest BCUT2D eigenvalue weighted by Crippen LogP contribution is -2.18. The first-order valence-electron chi connectivity index (χ1n) is 9.36. The highest BCUT2D eigenvalue weighted by Crippen LogP contribution is 2.37. The van der Waals surface area contributed by atoms with E-state index >= 15 is 0 Å². The van der Waals surface area contributed by atoms with Gasteiger partial charge in [0.2, 0.25) is 0 Å². The van der Waals surface area contributed by atoms with Gasteiger partial charge in [0.1, 0.15) is 18.2 Å². The second-order valence-electron chi connectivity index (χ2n) is 6.56. The van der Waals surface area contributed by atoms with Crippen LogP contribution < -0.4 is 14.8 Å². The van der Waals surface area contributed by atoms with E-state index in [4.69, 9.17) is 21.1 Å². The molecule has 3 aromatic rings. The fraction of sp³-hybridized carbons (Fsp3) is 0.217. The Balaban J connectivity index is 1.73. The van der Waals surface area contributed by atoms with Crippen LogP contribution in [0.4, 0.5) is 8.78 Å². The third-order valence-electron chi connectivity index (χ3n) is 4.64. The molecule has 0 aliphatic carbocycles. The number of rotatable bonds is 9. The molecule has 3 rings (SSSR count). The Morgan fingerprint density at radius 3 is 2.47 bits per heavy atom. The third-order valence-corrected chi connectivity index (χ3v) is 5.74. The van der Waals surface area contributed by atoms with E-state index in [1.807, 2.05) is 12.1 Å². The van der Waals surface area contributed by atoms with Crippen molar-refractivity contribution in [3.63, 3.8) is 0 Å². The monoisotopic (exact) mass is 495 g/mol. The van der Waals surface area contributed by atoms with Gasteiger partial charge in [-0.2, -0.15) is 0 Å². The lowest BCUT2D eigenvalue weighted by molar-refractivity contribution is 0.276. The molecule has 1 N–H and O–H groups in total. The van der Waals surface area contributed by atoms with Gasteiger partial charge in [-0.05, 0) is 48.9 Å². The summed E-state index contributed by atoms with van der Waals surface area (Å²) in [6, 6.07) is 14.8. The quantitative estimate of drug-likeness (QED) is 0.353. The van der Waals surface area contributed by atoms with E-state index in [2.05, 4.69) is 21.2 Å². The third kappa shape index (κ3) is 5.50. The maximum atomic E-state index is 14.1. The van der Waals surface area contributed by atoms with E-state index in [1.54, 1.807) is 37.4 Å². The van der Waals surface area contributed by atoms with Gasteiger partial charge < -0.3 is 14.8 Å². The Labute approximate surface area is 188 Å². The summed E-state index contributed by atoms with van der Waals surface area (Å²) in [4.78, 5) is 0. The zero-order valence-electron chi connectivity index (χ0n) is 16.4. The molecule has 0 saturated carbocycles. The van der Waals surface area contributed by atoms with Gasteiger partial charge in [-0.1, -0.05) is 51.8 Å². The number of hydrogen-bond acceptors (Lipinski definition) is 3. The second kappa shape index (κ2) is 10.8. The smallest absolute Gasteiger partial charge is 0.167 e. The van der Waals surface area contributed by atoms with Gasteiger partial charge in [0.15, 0.2) is 11.5 Å². The van der Waals surface area contributed by atoms with Crippen LogP contribution in [0.2, 0.25) is 5.02 Å². The Kier molecular flexibility index (Phi) is 8.08. The van der Waals surface area contributed by atoms with Crippen molar-refractivity contribution in [2.24, 2.45) is 0 Å². The van der Waals surface area contributed by atoms with Crippen LogP contribution in [0.3, 0.4) is 0 Å². The molecule has 0 heterocycles. The van der Waals surface area contributed by atoms with Crippen LogP contribution in [-0.4, -0.2) is 13.7 Å². The van der Waals surface area contributed by atoms with Gasteiger partial charge in [-0.15, -0.1) is 0 Å². The first kappa shape index (κ1) is 22.5. The molecule has 0 radical (unpaired) electrons. The van der Waals surface area contributed by atoms with Crippen LogP contribution in [0.25, 0.3) is 0 Å². The Bertz CT molecular complexity index is 996. The lowest BCUT2D eigenvalue weighted by Gasteiger charge is -2.18. The van der Waals surface area contributed by atoms with Gasteiger partial charge in [0.05, 0.1) is 12.1 Å². The summed E-state index contributed by atoms with van der Waals surface area (Å²) < 4.78 is 40.1. The van der Waals surface area contributed by atoms with Gasteiger partial charge in [-0.3, -0.25) is 0 Å². The highest BCUT2D eigenvalue weighted by atomic mass is 79.9. The van der Waals surface area contributed by atoms with Crippen molar-refractivity contribution in [1.82, 2.24) is 5.32 Å². The molecule has 0 spiro atoms. The molecule has 158 valence electrons. The maximum Gasteiger partial charge on any atom is 0.167 e. The first-order valence-corrected chi connectivity index (χ1v) is 10.5. The molecule has 3 nitrogen and oxygen atoms in total. The highest BCUT2D eigenvalue weighted by Gasteiger charge is 2.16. The Hall–Kier alpha value is -2.15. The Morgan fingerprint density at radius 2 is 1.73 bits per heavy atom. The zero-order chi connectivity index (χ0) is 21.5. The van der Waals surface area contributed by atoms with Gasteiger partial charge in [-0.25, -0.2) is 8.78 Å². The molecule has 7 heteroatoms. The largest absolute Gasteiger partial charge is 0.493 e. The number of halogens is 4. The minimum absolute atomic E-state index is 0.0411. The SMILES string of the molecule is COc1ccc(Br)c(CNCCc2ccccc2F)c1OCc1c(F)cccc1Cl. The van der Waals surface area contributed by atoms with E-state index < -0.39 is 5.82 Å². The zero-order valence-corrected chi connectivity index (χ0v) is 18.7. The second-order valence-corrected chi connectivity index (χ2v) is 7.83. The van der Waals surface area contributed by atoms with E-state index in [-0.39, 0.29) is 18.0 Å². The molecule has 0 fully saturated rings. The number of benzene rings is 3. The fourth-order valence-electron chi connectivity index (χ4n) is 3.02. The number of methoxy groups -OCH3 is 1. The molecule has 0 saturated heterocycles. The topological polar surface area (TPSA) is 30.5 Å². The fourth-order valence-corrected chi connectivity index (χ4v) is 3.69. The van der Waals surface area contributed by atoms with Crippen molar-refractivity contribution in [2.75, 3.05) is 13.7 Å². The maximum absolute atomic E-state index is 14.1. The number of ether oxygens (including phenoxy) is 2. The van der Waals surface area contributed by atoms with Crippen LogP contribution in [0, 0.1) is 11.6 Å². The average Bonchev–Trinajstić information content (AvgIpc) is 2.73. The van der Waals surface area contributed by atoms with Crippen LogP contribution in [0.15, 0.2) is 59.1 Å². The minimum atomic E-state index is -0.430. The summed E-state index contributed by atoms with van der Waals surface area (Å²) in [5.74, 6) is 0.370.